The number of hydrogen-bond acceptors (Lipinski definition) is 2. The number of ether oxygens (including phenoxy) is 1. The predicted molar refractivity (Wildman–Crippen MR) is 79.5 cm³/mol. The highest BCUT2D eigenvalue weighted by Crippen LogP contribution is 2.23. The van der Waals surface area contributed by atoms with Crippen LogP contribution in [0.15, 0.2) is 54.6 Å². The molecule has 2 rings (SSSR count). The fraction of sp³-hybridized carbons (Fsp3) is 0.250. The summed E-state index contributed by atoms with van der Waals surface area (Å²) in [5.74, 6) is 0.794. The zero-order valence-electron chi connectivity index (χ0n) is 10.9. The minimum atomic E-state index is -0.137. The Labute approximate surface area is 119 Å². The summed E-state index contributed by atoms with van der Waals surface area (Å²) < 4.78 is 5.95. The summed E-state index contributed by atoms with van der Waals surface area (Å²) in [6.07, 6.45) is 0.794. The molecule has 2 nitrogen and oxygen atoms in total. The van der Waals surface area contributed by atoms with Crippen molar-refractivity contribution in [2.45, 2.75) is 25.5 Å². The van der Waals surface area contributed by atoms with Gasteiger partial charge in [-0.1, -0.05) is 48.9 Å². The molecule has 2 unspecified atom stereocenters. The average molecular weight is 276 g/mol. The fourth-order valence-corrected chi connectivity index (χ4v) is 2.11. The monoisotopic (exact) mass is 275 g/mol. The molecule has 0 amide bonds. The standard InChI is InChI=1S/C16H18ClNO/c1-2-15(16(18)12-6-4-3-5-7-12)19-14-10-8-13(17)9-11-14/h3-11,15-16H,2,18H2,1H3. The van der Waals surface area contributed by atoms with Gasteiger partial charge >= 0.3 is 0 Å². The van der Waals surface area contributed by atoms with Gasteiger partial charge in [0.15, 0.2) is 0 Å². The molecule has 0 fully saturated rings. The topological polar surface area (TPSA) is 35.2 Å². The van der Waals surface area contributed by atoms with E-state index in [1.165, 1.54) is 0 Å². The van der Waals surface area contributed by atoms with Crippen LogP contribution >= 0.6 is 11.6 Å². The van der Waals surface area contributed by atoms with Crippen LogP contribution in [-0.2, 0) is 0 Å². The molecule has 100 valence electrons. The molecule has 0 saturated heterocycles. The second kappa shape index (κ2) is 6.60. The van der Waals surface area contributed by atoms with Gasteiger partial charge in [-0.2, -0.15) is 0 Å². The van der Waals surface area contributed by atoms with Crippen LogP contribution in [-0.4, -0.2) is 6.10 Å². The minimum absolute atomic E-state index is 0.0522. The van der Waals surface area contributed by atoms with E-state index in [1.54, 1.807) is 0 Å². The Kier molecular flexibility index (Phi) is 4.83. The molecule has 0 aliphatic rings. The summed E-state index contributed by atoms with van der Waals surface area (Å²) in [4.78, 5) is 0. The van der Waals surface area contributed by atoms with Crippen molar-refractivity contribution in [3.05, 3.63) is 65.2 Å². The van der Waals surface area contributed by atoms with Crippen molar-refractivity contribution in [3.63, 3.8) is 0 Å². The molecule has 2 atom stereocenters. The lowest BCUT2D eigenvalue weighted by atomic mass is 10.0. The van der Waals surface area contributed by atoms with Crippen molar-refractivity contribution >= 4 is 11.6 Å². The summed E-state index contributed by atoms with van der Waals surface area (Å²) in [6.45, 7) is 2.07. The van der Waals surface area contributed by atoms with Crippen molar-refractivity contribution in [3.8, 4) is 5.75 Å². The summed E-state index contributed by atoms with van der Waals surface area (Å²) in [5, 5.41) is 0.702. The smallest absolute Gasteiger partial charge is 0.119 e. The van der Waals surface area contributed by atoms with E-state index < -0.39 is 0 Å². The molecule has 2 aromatic carbocycles. The first-order valence-electron chi connectivity index (χ1n) is 6.43. The van der Waals surface area contributed by atoms with Gasteiger partial charge in [0.25, 0.3) is 0 Å². The van der Waals surface area contributed by atoms with Crippen LogP contribution in [0.4, 0.5) is 0 Å². The van der Waals surface area contributed by atoms with E-state index in [0.29, 0.717) is 5.02 Å². The zero-order chi connectivity index (χ0) is 13.7. The lowest BCUT2D eigenvalue weighted by molar-refractivity contribution is 0.167. The molecule has 0 bridgehead atoms. The normalized spacial score (nSPS) is 13.8. The van der Waals surface area contributed by atoms with Crippen LogP contribution in [0.3, 0.4) is 0 Å². The Morgan fingerprint density at radius 2 is 1.68 bits per heavy atom. The zero-order valence-corrected chi connectivity index (χ0v) is 11.7. The lowest BCUT2D eigenvalue weighted by Gasteiger charge is -2.24. The second-order valence-corrected chi connectivity index (χ2v) is 4.89. The van der Waals surface area contributed by atoms with E-state index in [9.17, 15) is 0 Å². The lowest BCUT2D eigenvalue weighted by Crippen LogP contribution is -2.30. The summed E-state index contributed by atoms with van der Waals surface area (Å²) in [5.41, 5.74) is 7.36. The number of rotatable bonds is 5. The predicted octanol–water partition coefficient (Wildman–Crippen LogP) is 4.20. The van der Waals surface area contributed by atoms with Crippen LogP contribution in [0, 0.1) is 0 Å². The maximum atomic E-state index is 6.28. The maximum absolute atomic E-state index is 6.28. The van der Waals surface area contributed by atoms with Gasteiger partial charge in [-0.3, -0.25) is 0 Å². The molecule has 0 aliphatic carbocycles. The minimum Gasteiger partial charge on any atom is -0.488 e. The second-order valence-electron chi connectivity index (χ2n) is 4.45. The van der Waals surface area contributed by atoms with Crippen molar-refractivity contribution in [2.24, 2.45) is 5.73 Å². The third-order valence-corrected chi connectivity index (χ3v) is 3.34. The van der Waals surface area contributed by atoms with Gasteiger partial charge in [0.1, 0.15) is 11.9 Å². The number of nitrogens with two attached hydrogens (primary N) is 1. The first kappa shape index (κ1) is 13.9. The van der Waals surface area contributed by atoms with E-state index in [-0.39, 0.29) is 12.1 Å². The van der Waals surface area contributed by atoms with Crippen LogP contribution in [0.1, 0.15) is 24.9 Å². The highest BCUT2D eigenvalue weighted by atomic mass is 35.5. The molecule has 19 heavy (non-hydrogen) atoms. The molecule has 2 N–H and O–H groups in total. The average Bonchev–Trinajstić information content (AvgIpc) is 2.47. The van der Waals surface area contributed by atoms with E-state index >= 15 is 0 Å². The molecule has 0 heterocycles. The van der Waals surface area contributed by atoms with Crippen LogP contribution in [0.2, 0.25) is 5.02 Å². The van der Waals surface area contributed by atoms with Crippen molar-refractivity contribution in [1.82, 2.24) is 0 Å². The molecule has 0 radical (unpaired) electrons. The first-order chi connectivity index (χ1) is 9.20. The highest BCUT2D eigenvalue weighted by Gasteiger charge is 2.19. The first-order valence-corrected chi connectivity index (χ1v) is 6.81. The molecule has 0 aromatic heterocycles. The molecule has 0 aliphatic heterocycles. The third-order valence-electron chi connectivity index (χ3n) is 3.09. The van der Waals surface area contributed by atoms with E-state index in [2.05, 4.69) is 6.92 Å². The molecule has 0 spiro atoms. The molecular weight excluding hydrogens is 258 g/mol. The Hall–Kier alpha value is -1.51. The van der Waals surface area contributed by atoms with Gasteiger partial charge in [0.2, 0.25) is 0 Å². The number of benzene rings is 2. The van der Waals surface area contributed by atoms with E-state index in [0.717, 1.165) is 17.7 Å². The Morgan fingerprint density at radius 1 is 1.05 bits per heavy atom. The van der Waals surface area contributed by atoms with Crippen LogP contribution in [0.25, 0.3) is 0 Å². The van der Waals surface area contributed by atoms with Gasteiger partial charge < -0.3 is 10.5 Å². The summed E-state index contributed by atoms with van der Waals surface area (Å²) >= 11 is 5.86. The maximum Gasteiger partial charge on any atom is 0.119 e. The van der Waals surface area contributed by atoms with Crippen molar-refractivity contribution in [2.75, 3.05) is 0 Å². The quantitative estimate of drug-likeness (QED) is 0.888. The molecule has 0 saturated carbocycles. The van der Waals surface area contributed by atoms with Gasteiger partial charge in [-0.15, -0.1) is 0 Å². The van der Waals surface area contributed by atoms with Gasteiger partial charge in [-0.05, 0) is 36.2 Å². The van der Waals surface area contributed by atoms with Gasteiger partial charge in [-0.25, -0.2) is 0 Å². The Bertz CT molecular complexity index is 498. The summed E-state index contributed by atoms with van der Waals surface area (Å²) in [7, 11) is 0. The van der Waals surface area contributed by atoms with Crippen LogP contribution < -0.4 is 10.5 Å². The summed E-state index contributed by atoms with van der Waals surface area (Å²) in [6, 6.07) is 17.2. The highest BCUT2D eigenvalue weighted by molar-refractivity contribution is 6.30. The third kappa shape index (κ3) is 3.72. The van der Waals surface area contributed by atoms with E-state index in [4.69, 9.17) is 22.1 Å². The van der Waals surface area contributed by atoms with Crippen molar-refractivity contribution < 1.29 is 4.74 Å². The van der Waals surface area contributed by atoms with Crippen LogP contribution in [0.5, 0.6) is 5.75 Å². The van der Waals surface area contributed by atoms with Gasteiger partial charge in [0, 0.05) is 5.02 Å². The molecule has 3 heteroatoms. The molecule has 2 aromatic rings. The largest absolute Gasteiger partial charge is 0.488 e. The van der Waals surface area contributed by atoms with Crippen molar-refractivity contribution in [1.29, 1.82) is 0 Å². The Balaban J connectivity index is 2.10. The fourth-order valence-electron chi connectivity index (χ4n) is 1.99. The number of hydrogen-bond donors (Lipinski definition) is 1. The van der Waals surface area contributed by atoms with E-state index in [1.807, 2.05) is 54.6 Å². The SMILES string of the molecule is CCC(Oc1ccc(Cl)cc1)C(N)c1ccccc1. The number of halogens is 1. The van der Waals surface area contributed by atoms with Gasteiger partial charge in [0.05, 0.1) is 6.04 Å². The molecular formula is C16H18ClNO. The Morgan fingerprint density at radius 3 is 2.26 bits per heavy atom.